The van der Waals surface area contributed by atoms with Crippen molar-refractivity contribution in [1.82, 2.24) is 0 Å². The van der Waals surface area contributed by atoms with Crippen LogP contribution in [0.3, 0.4) is 0 Å². The van der Waals surface area contributed by atoms with Crippen LogP contribution in [0.15, 0.2) is 0 Å². The van der Waals surface area contributed by atoms with E-state index in [0.29, 0.717) is 0 Å². The molecular weight excluding hydrogens is 164 g/mol. The van der Waals surface area contributed by atoms with E-state index in [2.05, 4.69) is 6.92 Å². The molecule has 1 aliphatic carbocycles. The standard InChI is InChI=1S/C10H18O2.CH4/c1-3-10(12-9(2)11)7-5-4-6-8-10;/h3-8H2,1-2H3;1H4. The van der Waals surface area contributed by atoms with E-state index in [4.69, 9.17) is 4.74 Å². The molecule has 0 amide bonds. The van der Waals surface area contributed by atoms with Crippen molar-refractivity contribution in [2.75, 3.05) is 0 Å². The maximum atomic E-state index is 10.9. The Morgan fingerprint density at radius 3 is 2.23 bits per heavy atom. The van der Waals surface area contributed by atoms with Gasteiger partial charge in [0.15, 0.2) is 0 Å². The molecule has 1 rings (SSSR count). The number of hydrogen-bond acceptors (Lipinski definition) is 2. The highest BCUT2D eigenvalue weighted by atomic mass is 16.6. The molecule has 0 bridgehead atoms. The minimum atomic E-state index is -0.126. The van der Waals surface area contributed by atoms with E-state index >= 15 is 0 Å². The number of esters is 1. The van der Waals surface area contributed by atoms with E-state index in [1.807, 2.05) is 0 Å². The molecule has 0 atom stereocenters. The molecular formula is C11H22O2. The predicted octanol–water partition coefficient (Wildman–Crippen LogP) is 3.30. The van der Waals surface area contributed by atoms with Crippen LogP contribution in [0.25, 0.3) is 0 Å². The highest BCUT2D eigenvalue weighted by Gasteiger charge is 2.32. The summed E-state index contributed by atoms with van der Waals surface area (Å²) in [6, 6.07) is 0. The van der Waals surface area contributed by atoms with Gasteiger partial charge in [0.25, 0.3) is 0 Å². The van der Waals surface area contributed by atoms with Gasteiger partial charge in [-0.2, -0.15) is 0 Å². The van der Waals surface area contributed by atoms with Crippen LogP contribution in [0.2, 0.25) is 0 Å². The molecule has 0 aromatic carbocycles. The van der Waals surface area contributed by atoms with Crippen molar-refractivity contribution < 1.29 is 9.53 Å². The summed E-state index contributed by atoms with van der Waals surface area (Å²) in [5, 5.41) is 0. The summed E-state index contributed by atoms with van der Waals surface area (Å²) in [5.41, 5.74) is -0.107. The van der Waals surface area contributed by atoms with Crippen LogP contribution in [0.5, 0.6) is 0 Å². The highest BCUT2D eigenvalue weighted by Crippen LogP contribution is 2.34. The van der Waals surface area contributed by atoms with Gasteiger partial charge < -0.3 is 4.74 Å². The molecule has 0 aromatic rings. The van der Waals surface area contributed by atoms with Crippen LogP contribution in [0, 0.1) is 0 Å². The minimum Gasteiger partial charge on any atom is -0.459 e. The monoisotopic (exact) mass is 186 g/mol. The lowest BCUT2D eigenvalue weighted by atomic mass is 9.83. The maximum Gasteiger partial charge on any atom is 0.303 e. The summed E-state index contributed by atoms with van der Waals surface area (Å²) in [6.07, 6.45) is 6.80. The van der Waals surface area contributed by atoms with Crippen molar-refractivity contribution in [3.8, 4) is 0 Å². The second kappa shape index (κ2) is 5.25. The molecule has 1 aliphatic rings. The molecule has 0 N–H and O–H groups in total. The van der Waals surface area contributed by atoms with E-state index in [1.165, 1.54) is 26.2 Å². The Morgan fingerprint density at radius 1 is 1.31 bits per heavy atom. The third kappa shape index (κ3) is 3.37. The first-order valence-corrected chi connectivity index (χ1v) is 4.88. The maximum absolute atomic E-state index is 10.9. The van der Waals surface area contributed by atoms with Gasteiger partial charge >= 0.3 is 5.97 Å². The Kier molecular flexibility index (Phi) is 5.04. The largest absolute Gasteiger partial charge is 0.459 e. The lowest BCUT2D eigenvalue weighted by Crippen LogP contribution is -2.35. The third-order valence-corrected chi connectivity index (χ3v) is 2.77. The van der Waals surface area contributed by atoms with Crippen molar-refractivity contribution >= 4 is 5.97 Å². The molecule has 0 spiro atoms. The minimum absolute atomic E-state index is 0. The van der Waals surface area contributed by atoms with E-state index < -0.39 is 0 Å². The molecule has 0 radical (unpaired) electrons. The number of carbonyl (C=O) groups excluding carboxylic acids is 1. The van der Waals surface area contributed by atoms with Gasteiger partial charge in [-0.05, 0) is 32.1 Å². The van der Waals surface area contributed by atoms with Crippen LogP contribution in [0.1, 0.15) is 59.8 Å². The lowest BCUT2D eigenvalue weighted by molar-refractivity contribution is -0.161. The van der Waals surface area contributed by atoms with Gasteiger partial charge in [-0.25, -0.2) is 0 Å². The summed E-state index contributed by atoms with van der Waals surface area (Å²) in [4.78, 5) is 10.9. The van der Waals surface area contributed by atoms with Crippen LogP contribution in [-0.2, 0) is 9.53 Å². The van der Waals surface area contributed by atoms with Crippen LogP contribution >= 0.6 is 0 Å². The van der Waals surface area contributed by atoms with Gasteiger partial charge in [0.1, 0.15) is 5.60 Å². The van der Waals surface area contributed by atoms with Crippen molar-refractivity contribution in [3.63, 3.8) is 0 Å². The quantitative estimate of drug-likeness (QED) is 0.618. The molecule has 0 unspecified atom stereocenters. The van der Waals surface area contributed by atoms with Crippen LogP contribution in [0.4, 0.5) is 0 Å². The van der Waals surface area contributed by atoms with E-state index in [-0.39, 0.29) is 19.0 Å². The first kappa shape index (κ1) is 12.5. The molecule has 78 valence electrons. The number of rotatable bonds is 2. The van der Waals surface area contributed by atoms with Crippen LogP contribution in [-0.4, -0.2) is 11.6 Å². The summed E-state index contributed by atoms with van der Waals surface area (Å²) in [6.45, 7) is 3.61. The first-order valence-electron chi connectivity index (χ1n) is 4.88. The molecule has 0 saturated heterocycles. The topological polar surface area (TPSA) is 26.3 Å². The van der Waals surface area contributed by atoms with Crippen molar-refractivity contribution in [2.45, 2.75) is 65.4 Å². The Morgan fingerprint density at radius 2 is 1.85 bits per heavy atom. The second-order valence-corrected chi connectivity index (χ2v) is 3.69. The molecule has 0 aromatic heterocycles. The fraction of sp³-hybridized carbons (Fsp3) is 0.909. The number of hydrogen-bond donors (Lipinski definition) is 0. The van der Waals surface area contributed by atoms with Gasteiger partial charge in [-0.3, -0.25) is 4.79 Å². The van der Waals surface area contributed by atoms with Crippen molar-refractivity contribution in [1.29, 1.82) is 0 Å². The van der Waals surface area contributed by atoms with Crippen molar-refractivity contribution in [3.05, 3.63) is 0 Å². The average Bonchev–Trinajstić information content (AvgIpc) is 2.05. The zero-order valence-electron chi connectivity index (χ0n) is 8.06. The van der Waals surface area contributed by atoms with Gasteiger partial charge in [0.2, 0.25) is 0 Å². The molecule has 0 heterocycles. The smallest absolute Gasteiger partial charge is 0.303 e. The zero-order valence-corrected chi connectivity index (χ0v) is 8.06. The Bertz CT molecular complexity index is 157. The number of ether oxygens (including phenoxy) is 1. The molecule has 1 fully saturated rings. The fourth-order valence-electron chi connectivity index (χ4n) is 2.03. The third-order valence-electron chi connectivity index (χ3n) is 2.77. The van der Waals surface area contributed by atoms with Crippen LogP contribution < -0.4 is 0 Å². The number of carbonyl (C=O) groups is 1. The summed E-state index contributed by atoms with van der Waals surface area (Å²) in [5.74, 6) is -0.126. The predicted molar refractivity (Wildman–Crippen MR) is 54.6 cm³/mol. The molecule has 2 nitrogen and oxygen atoms in total. The summed E-state index contributed by atoms with van der Waals surface area (Å²) >= 11 is 0. The van der Waals surface area contributed by atoms with Gasteiger partial charge in [0, 0.05) is 6.92 Å². The van der Waals surface area contributed by atoms with E-state index in [1.54, 1.807) is 0 Å². The van der Waals surface area contributed by atoms with Gasteiger partial charge in [0.05, 0.1) is 0 Å². The van der Waals surface area contributed by atoms with Gasteiger partial charge in [-0.15, -0.1) is 0 Å². The normalized spacial score (nSPS) is 20.2. The Balaban J connectivity index is 0.00000144. The van der Waals surface area contributed by atoms with E-state index in [0.717, 1.165) is 19.3 Å². The fourth-order valence-corrected chi connectivity index (χ4v) is 2.03. The SMILES string of the molecule is C.CCC1(OC(C)=O)CCCCC1. The summed E-state index contributed by atoms with van der Waals surface area (Å²) in [7, 11) is 0. The summed E-state index contributed by atoms with van der Waals surface area (Å²) < 4.78 is 5.39. The highest BCUT2D eigenvalue weighted by molar-refractivity contribution is 5.66. The average molecular weight is 186 g/mol. The Hall–Kier alpha value is -0.530. The second-order valence-electron chi connectivity index (χ2n) is 3.69. The first-order chi connectivity index (χ1) is 5.68. The van der Waals surface area contributed by atoms with Crippen molar-refractivity contribution in [2.24, 2.45) is 0 Å². The molecule has 2 heteroatoms. The molecule has 1 saturated carbocycles. The van der Waals surface area contributed by atoms with Gasteiger partial charge in [-0.1, -0.05) is 20.8 Å². The van der Waals surface area contributed by atoms with E-state index in [9.17, 15) is 4.79 Å². The lowest BCUT2D eigenvalue weighted by Gasteiger charge is -2.35. The zero-order chi connectivity index (χ0) is 9.03. The molecule has 13 heavy (non-hydrogen) atoms. The Labute approximate surface area is 81.7 Å². The molecule has 0 aliphatic heterocycles.